The molecule has 0 saturated carbocycles. The molecule has 0 spiro atoms. The van der Waals surface area contributed by atoms with Gasteiger partial charge < -0.3 is 25.0 Å². The van der Waals surface area contributed by atoms with Gasteiger partial charge in [-0.15, -0.1) is 0 Å². The van der Waals surface area contributed by atoms with Gasteiger partial charge in [0.2, 0.25) is 11.9 Å². The normalized spacial score (nSPS) is 12.8. The summed E-state index contributed by atoms with van der Waals surface area (Å²) in [6.45, 7) is 5.94. The molecule has 3 N–H and O–H groups in total. The van der Waals surface area contributed by atoms with Crippen LogP contribution in [0.1, 0.15) is 26.3 Å². The van der Waals surface area contributed by atoms with Gasteiger partial charge in [0, 0.05) is 47.5 Å². The standard InChI is InChI=1S/C24H27ClN8O3/c1-24(2,3)32-23(34)31-22-30-20-14(12-27-21(29-20)28-15-6-8-26-9-7-15)13-33(22)17-10-16(35-4)11-18(36-5)19(17)25/h6-12H,13H2,1-5H3,(H3,26,27,28,29,30,31,32,34). The average Bonchev–Trinajstić information content (AvgIpc) is 2.83. The van der Waals surface area contributed by atoms with E-state index in [-0.39, 0.29) is 12.5 Å². The molecule has 0 unspecified atom stereocenters. The van der Waals surface area contributed by atoms with Gasteiger partial charge in [-0.05, 0) is 32.9 Å². The first-order chi connectivity index (χ1) is 17.2. The molecule has 0 saturated heterocycles. The number of aromatic nitrogens is 3. The molecule has 0 bridgehead atoms. The summed E-state index contributed by atoms with van der Waals surface area (Å²) < 4.78 is 10.9. The van der Waals surface area contributed by atoms with Gasteiger partial charge >= 0.3 is 6.03 Å². The van der Waals surface area contributed by atoms with Gasteiger partial charge in [-0.2, -0.15) is 9.98 Å². The Hall–Kier alpha value is -4.12. The second-order valence-corrected chi connectivity index (χ2v) is 9.29. The number of urea groups is 1. The number of guanidine groups is 1. The SMILES string of the molecule is COc1cc(OC)c(Cl)c(N2Cc3cnc(Nc4ccncc4)nc3N=C2NC(=O)NC(C)(C)C)c1. The summed E-state index contributed by atoms with van der Waals surface area (Å²) in [6, 6.07) is 6.60. The van der Waals surface area contributed by atoms with Crippen LogP contribution in [0.25, 0.3) is 0 Å². The number of hydrogen-bond acceptors (Lipinski definition) is 9. The summed E-state index contributed by atoms with van der Waals surface area (Å²) >= 11 is 6.67. The first-order valence-electron chi connectivity index (χ1n) is 11.1. The number of nitrogens with zero attached hydrogens (tertiary/aromatic N) is 5. The van der Waals surface area contributed by atoms with Crippen LogP contribution in [0.3, 0.4) is 0 Å². The first-order valence-corrected chi connectivity index (χ1v) is 11.4. The van der Waals surface area contributed by atoms with Crippen molar-refractivity contribution in [3.8, 4) is 11.5 Å². The highest BCUT2D eigenvalue weighted by Crippen LogP contribution is 2.41. The number of pyridine rings is 1. The van der Waals surface area contributed by atoms with Gasteiger partial charge in [-0.25, -0.2) is 9.78 Å². The highest BCUT2D eigenvalue weighted by molar-refractivity contribution is 6.35. The highest BCUT2D eigenvalue weighted by Gasteiger charge is 2.28. The molecule has 0 atom stereocenters. The summed E-state index contributed by atoms with van der Waals surface area (Å²) in [5.41, 5.74) is 1.59. The molecule has 1 aliphatic rings. The number of ether oxygens (including phenoxy) is 2. The molecule has 0 radical (unpaired) electrons. The van der Waals surface area contributed by atoms with Crippen molar-refractivity contribution in [1.29, 1.82) is 0 Å². The zero-order chi connectivity index (χ0) is 25.9. The maximum atomic E-state index is 12.8. The summed E-state index contributed by atoms with van der Waals surface area (Å²) in [5.74, 6) is 1.95. The van der Waals surface area contributed by atoms with Crippen molar-refractivity contribution in [2.75, 3.05) is 24.4 Å². The predicted octanol–water partition coefficient (Wildman–Crippen LogP) is 4.39. The molecule has 3 heterocycles. The van der Waals surface area contributed by atoms with Crippen LogP contribution < -0.4 is 30.3 Å². The fourth-order valence-electron chi connectivity index (χ4n) is 3.43. The van der Waals surface area contributed by atoms with Gasteiger partial charge in [0.15, 0.2) is 5.82 Å². The number of nitrogens with one attached hydrogen (secondary N) is 3. The highest BCUT2D eigenvalue weighted by atomic mass is 35.5. The first kappa shape index (κ1) is 25.0. The summed E-state index contributed by atoms with van der Waals surface area (Å²) in [5, 5.41) is 9.17. The number of carbonyl (C=O) groups excluding carboxylic acids is 1. The van der Waals surface area contributed by atoms with Crippen LogP contribution in [0, 0.1) is 0 Å². The maximum absolute atomic E-state index is 12.8. The van der Waals surface area contributed by atoms with E-state index in [0.717, 1.165) is 11.3 Å². The second-order valence-electron chi connectivity index (χ2n) is 8.92. The Bertz CT molecular complexity index is 1290. The van der Waals surface area contributed by atoms with E-state index in [1.165, 1.54) is 7.11 Å². The van der Waals surface area contributed by atoms with Crippen LogP contribution in [-0.2, 0) is 6.54 Å². The third-order valence-corrected chi connectivity index (χ3v) is 5.41. The number of carbonyl (C=O) groups is 1. The van der Waals surface area contributed by atoms with Crippen molar-refractivity contribution >= 4 is 46.7 Å². The molecule has 3 aromatic rings. The van der Waals surface area contributed by atoms with Crippen molar-refractivity contribution in [2.45, 2.75) is 32.9 Å². The van der Waals surface area contributed by atoms with E-state index < -0.39 is 11.6 Å². The smallest absolute Gasteiger partial charge is 0.321 e. The van der Waals surface area contributed by atoms with E-state index in [4.69, 9.17) is 21.1 Å². The van der Waals surface area contributed by atoms with Crippen LogP contribution in [0.2, 0.25) is 5.02 Å². The number of benzene rings is 1. The Morgan fingerprint density at radius 3 is 2.56 bits per heavy atom. The third-order valence-electron chi connectivity index (χ3n) is 5.03. The summed E-state index contributed by atoms with van der Waals surface area (Å²) in [6.07, 6.45) is 5.01. The lowest BCUT2D eigenvalue weighted by molar-refractivity contribution is 0.236. The molecular formula is C24H27ClN8O3. The van der Waals surface area contributed by atoms with E-state index >= 15 is 0 Å². The second kappa shape index (κ2) is 10.2. The molecular weight excluding hydrogens is 484 g/mol. The zero-order valence-corrected chi connectivity index (χ0v) is 21.3. The molecule has 0 fully saturated rings. The monoisotopic (exact) mass is 510 g/mol. The van der Waals surface area contributed by atoms with Crippen LogP contribution >= 0.6 is 11.6 Å². The van der Waals surface area contributed by atoms with E-state index in [1.807, 2.05) is 20.8 Å². The molecule has 36 heavy (non-hydrogen) atoms. The van der Waals surface area contributed by atoms with Crippen molar-refractivity contribution in [1.82, 2.24) is 25.6 Å². The van der Waals surface area contributed by atoms with Gasteiger partial charge in [0.05, 0.1) is 26.5 Å². The van der Waals surface area contributed by atoms with Gasteiger partial charge in [0.1, 0.15) is 16.5 Å². The molecule has 1 aromatic carbocycles. The number of hydrogen-bond donors (Lipinski definition) is 3. The Morgan fingerprint density at radius 1 is 1.14 bits per heavy atom. The number of anilines is 3. The fourth-order valence-corrected chi connectivity index (χ4v) is 3.71. The predicted molar refractivity (Wildman–Crippen MR) is 139 cm³/mol. The Balaban J connectivity index is 1.75. The molecule has 188 valence electrons. The van der Waals surface area contributed by atoms with Crippen molar-refractivity contribution in [3.05, 3.63) is 53.4 Å². The number of fused-ring (bicyclic) bond motifs is 1. The average molecular weight is 511 g/mol. The van der Waals surface area contributed by atoms with Gasteiger partial charge in [-0.1, -0.05) is 11.6 Å². The molecule has 1 aliphatic heterocycles. The Labute approximate surface area is 213 Å². The summed E-state index contributed by atoms with van der Waals surface area (Å²) in [4.78, 5) is 32.2. The lowest BCUT2D eigenvalue weighted by Crippen LogP contribution is -2.53. The van der Waals surface area contributed by atoms with Crippen molar-refractivity contribution in [3.63, 3.8) is 0 Å². The van der Waals surface area contributed by atoms with Crippen LogP contribution in [-0.4, -0.2) is 46.7 Å². The number of aliphatic imine (C=N–C) groups is 1. The maximum Gasteiger partial charge on any atom is 0.321 e. The molecule has 11 nitrogen and oxygen atoms in total. The summed E-state index contributed by atoms with van der Waals surface area (Å²) in [7, 11) is 3.07. The molecule has 4 rings (SSSR count). The van der Waals surface area contributed by atoms with Crippen molar-refractivity contribution < 1.29 is 14.3 Å². The van der Waals surface area contributed by atoms with Crippen molar-refractivity contribution in [2.24, 2.45) is 4.99 Å². The largest absolute Gasteiger partial charge is 0.497 e. The zero-order valence-electron chi connectivity index (χ0n) is 20.6. The van der Waals surface area contributed by atoms with Crippen LogP contribution in [0.4, 0.5) is 27.9 Å². The Kier molecular flexibility index (Phi) is 7.11. The third kappa shape index (κ3) is 5.74. The fraction of sp³-hybridized carbons (Fsp3) is 0.292. The van der Waals surface area contributed by atoms with E-state index in [0.29, 0.717) is 34.0 Å². The molecule has 2 aromatic heterocycles. The van der Waals surface area contributed by atoms with E-state index in [9.17, 15) is 4.79 Å². The van der Waals surface area contributed by atoms with Crippen LogP contribution in [0.5, 0.6) is 11.5 Å². The topological polar surface area (TPSA) is 126 Å². The number of rotatable bonds is 5. The quantitative estimate of drug-likeness (QED) is 0.461. The lowest BCUT2D eigenvalue weighted by atomic mass is 10.1. The minimum atomic E-state index is -0.456. The minimum Gasteiger partial charge on any atom is -0.497 e. The molecule has 0 aliphatic carbocycles. The van der Waals surface area contributed by atoms with Gasteiger partial charge in [-0.3, -0.25) is 10.3 Å². The number of amides is 2. The van der Waals surface area contributed by atoms with Gasteiger partial charge in [0.25, 0.3) is 0 Å². The van der Waals surface area contributed by atoms with E-state index in [2.05, 4.69) is 35.9 Å². The minimum absolute atomic E-state index is 0.231. The Morgan fingerprint density at radius 2 is 1.89 bits per heavy atom. The lowest BCUT2D eigenvalue weighted by Gasteiger charge is -2.32. The number of halogens is 1. The van der Waals surface area contributed by atoms with Crippen LogP contribution in [0.15, 0.2) is 47.8 Å². The molecule has 2 amide bonds. The number of methoxy groups -OCH3 is 2. The van der Waals surface area contributed by atoms with E-state index in [1.54, 1.807) is 54.9 Å². The molecule has 12 heteroatoms.